The summed E-state index contributed by atoms with van der Waals surface area (Å²) in [6.07, 6.45) is 0. The van der Waals surface area contributed by atoms with E-state index in [2.05, 4.69) is 38.1 Å². The van der Waals surface area contributed by atoms with E-state index in [1.807, 2.05) is 0 Å². The van der Waals surface area contributed by atoms with Crippen molar-refractivity contribution in [1.82, 2.24) is 0 Å². The van der Waals surface area contributed by atoms with Crippen LogP contribution in [0.15, 0.2) is 18.2 Å². The Labute approximate surface area is 70.5 Å². The molecule has 11 heavy (non-hydrogen) atoms. The summed E-state index contributed by atoms with van der Waals surface area (Å²) in [5.74, 6) is 0. The molecule has 0 atom stereocenters. The minimum Gasteiger partial charge on any atom is -0.140 e. The van der Waals surface area contributed by atoms with Gasteiger partial charge in [-0.25, -0.2) is 0 Å². The van der Waals surface area contributed by atoms with Crippen molar-refractivity contribution in [2.45, 2.75) is 13.8 Å². The molecule has 1 radical (unpaired) electrons. The molecule has 0 aliphatic rings. The zero-order valence-electron chi connectivity index (χ0n) is 6.64. The molecule has 2 rings (SSSR count). The smallest absolute Gasteiger partial charge is 0.0352 e. The molecule has 0 amide bonds. The fourth-order valence-corrected chi connectivity index (χ4v) is 2.06. The van der Waals surface area contributed by atoms with Crippen LogP contribution in [0.5, 0.6) is 0 Å². The predicted octanol–water partition coefficient (Wildman–Crippen LogP) is 3.32. The number of aryl methyl sites for hydroxylation is 2. The Morgan fingerprint density at radius 1 is 1.27 bits per heavy atom. The second kappa shape index (κ2) is 2.35. The molecule has 0 unspecified atom stereocenters. The van der Waals surface area contributed by atoms with Crippen molar-refractivity contribution in [2.75, 3.05) is 0 Å². The minimum absolute atomic E-state index is 1.26. The van der Waals surface area contributed by atoms with Gasteiger partial charge in [0.2, 0.25) is 0 Å². The van der Waals surface area contributed by atoms with Crippen LogP contribution in [0.3, 0.4) is 0 Å². The van der Waals surface area contributed by atoms with Crippen LogP contribution in [0.1, 0.15) is 10.4 Å². The van der Waals surface area contributed by atoms with E-state index >= 15 is 0 Å². The molecule has 1 heteroatoms. The molecular weight excluding hydrogens is 152 g/mol. The highest BCUT2D eigenvalue weighted by Gasteiger charge is 1.97. The van der Waals surface area contributed by atoms with E-state index in [-0.39, 0.29) is 0 Å². The van der Waals surface area contributed by atoms with Crippen LogP contribution in [-0.4, -0.2) is 0 Å². The Hall–Kier alpha value is -0.820. The highest BCUT2D eigenvalue weighted by molar-refractivity contribution is 7.18. The molecule has 1 aromatic carbocycles. The number of hydrogen-bond donors (Lipinski definition) is 0. The lowest BCUT2D eigenvalue weighted by Gasteiger charge is -1.89. The number of thiophene rings is 1. The summed E-state index contributed by atoms with van der Waals surface area (Å²) in [7, 11) is 0. The molecule has 0 fully saturated rings. The van der Waals surface area contributed by atoms with Crippen molar-refractivity contribution in [3.63, 3.8) is 0 Å². The Bertz CT molecular complexity index is 385. The van der Waals surface area contributed by atoms with Crippen LogP contribution in [-0.2, 0) is 0 Å². The van der Waals surface area contributed by atoms with Crippen LogP contribution in [0.4, 0.5) is 0 Å². The topological polar surface area (TPSA) is 0 Å². The van der Waals surface area contributed by atoms with E-state index in [0.29, 0.717) is 0 Å². The largest absolute Gasteiger partial charge is 0.140 e. The third-order valence-electron chi connectivity index (χ3n) is 1.71. The van der Waals surface area contributed by atoms with Gasteiger partial charge >= 0.3 is 0 Å². The second-order valence-electron chi connectivity index (χ2n) is 2.78. The van der Waals surface area contributed by atoms with Crippen molar-refractivity contribution in [1.29, 1.82) is 0 Å². The summed E-state index contributed by atoms with van der Waals surface area (Å²) < 4.78 is 1.34. The summed E-state index contributed by atoms with van der Waals surface area (Å²) in [5.41, 5.74) is 1.31. The van der Waals surface area contributed by atoms with E-state index < -0.39 is 0 Å². The van der Waals surface area contributed by atoms with Crippen molar-refractivity contribution in [3.05, 3.63) is 34.7 Å². The van der Waals surface area contributed by atoms with E-state index in [9.17, 15) is 0 Å². The number of hydrogen-bond acceptors (Lipinski definition) is 1. The number of fused-ring (bicyclic) bond motifs is 1. The summed E-state index contributed by atoms with van der Waals surface area (Å²) in [6, 6.07) is 9.81. The monoisotopic (exact) mass is 161 g/mol. The highest BCUT2D eigenvalue weighted by Crippen LogP contribution is 2.24. The molecular formula is C10H9S. The standard InChI is InChI=1S/C10H9S/c1-7-3-4-10-9(5-7)6-8(2)11-10/h3-5H,1-2H3. The van der Waals surface area contributed by atoms with Gasteiger partial charge in [0.15, 0.2) is 0 Å². The third kappa shape index (κ3) is 1.16. The molecule has 0 N–H and O–H groups in total. The third-order valence-corrected chi connectivity index (χ3v) is 2.69. The molecule has 0 bridgehead atoms. The van der Waals surface area contributed by atoms with Gasteiger partial charge in [-0.1, -0.05) is 11.6 Å². The second-order valence-corrected chi connectivity index (χ2v) is 4.04. The molecule has 55 valence electrons. The van der Waals surface area contributed by atoms with Gasteiger partial charge in [0.25, 0.3) is 0 Å². The van der Waals surface area contributed by atoms with E-state index in [0.717, 1.165) is 0 Å². The molecule has 0 spiro atoms. The summed E-state index contributed by atoms with van der Waals surface area (Å²) in [4.78, 5) is 1.27. The maximum atomic E-state index is 3.32. The zero-order valence-corrected chi connectivity index (χ0v) is 7.46. The molecule has 0 aliphatic carbocycles. The SMILES string of the molecule is Cc1ccc2sc(C)[c]c2c1. The molecule has 0 aliphatic heterocycles. The molecule has 1 heterocycles. The lowest BCUT2D eigenvalue weighted by Crippen LogP contribution is -1.67. The summed E-state index contributed by atoms with van der Waals surface area (Å²) >= 11 is 1.81. The van der Waals surface area contributed by atoms with Crippen LogP contribution in [0, 0.1) is 19.9 Å². The van der Waals surface area contributed by atoms with Gasteiger partial charge < -0.3 is 0 Å². The average Bonchev–Trinajstić information content (AvgIpc) is 2.27. The normalized spacial score (nSPS) is 10.7. The van der Waals surface area contributed by atoms with Crippen molar-refractivity contribution in [2.24, 2.45) is 0 Å². The van der Waals surface area contributed by atoms with Gasteiger partial charge in [-0.05, 0) is 26.0 Å². The fraction of sp³-hybridized carbons (Fsp3) is 0.200. The molecule has 0 nitrogen and oxygen atoms in total. The molecule has 0 saturated heterocycles. The van der Waals surface area contributed by atoms with Crippen molar-refractivity contribution < 1.29 is 0 Å². The lowest BCUT2D eigenvalue weighted by molar-refractivity contribution is 1.51. The Balaban J connectivity index is 2.82. The first-order chi connectivity index (χ1) is 5.25. The fourth-order valence-electron chi connectivity index (χ4n) is 1.21. The molecule has 1 aromatic heterocycles. The molecule has 2 aromatic rings. The van der Waals surface area contributed by atoms with E-state index in [1.165, 1.54) is 20.5 Å². The molecule has 0 saturated carbocycles. The predicted molar refractivity (Wildman–Crippen MR) is 50.1 cm³/mol. The van der Waals surface area contributed by atoms with E-state index in [4.69, 9.17) is 0 Å². The Morgan fingerprint density at radius 3 is 2.91 bits per heavy atom. The first-order valence-corrected chi connectivity index (χ1v) is 4.46. The summed E-state index contributed by atoms with van der Waals surface area (Å²) in [5, 5.41) is 1.26. The van der Waals surface area contributed by atoms with Crippen LogP contribution >= 0.6 is 11.3 Å². The minimum atomic E-state index is 1.26. The van der Waals surface area contributed by atoms with Crippen molar-refractivity contribution in [3.8, 4) is 0 Å². The highest BCUT2D eigenvalue weighted by atomic mass is 32.1. The van der Waals surface area contributed by atoms with Gasteiger partial charge in [-0.15, -0.1) is 11.3 Å². The van der Waals surface area contributed by atoms with Gasteiger partial charge in [-0.3, -0.25) is 0 Å². The number of rotatable bonds is 0. The quantitative estimate of drug-likeness (QED) is 0.556. The van der Waals surface area contributed by atoms with Gasteiger partial charge in [0.1, 0.15) is 0 Å². The Morgan fingerprint density at radius 2 is 2.09 bits per heavy atom. The van der Waals surface area contributed by atoms with Crippen LogP contribution in [0.25, 0.3) is 10.1 Å². The lowest BCUT2D eigenvalue weighted by atomic mass is 10.2. The Kier molecular flexibility index (Phi) is 1.46. The van der Waals surface area contributed by atoms with Gasteiger partial charge in [0, 0.05) is 21.0 Å². The maximum absolute atomic E-state index is 3.32. The van der Waals surface area contributed by atoms with Gasteiger partial charge in [-0.2, -0.15) is 0 Å². The van der Waals surface area contributed by atoms with Gasteiger partial charge in [0.05, 0.1) is 0 Å². The average molecular weight is 161 g/mol. The number of benzene rings is 1. The zero-order chi connectivity index (χ0) is 7.84. The maximum Gasteiger partial charge on any atom is 0.0352 e. The van der Waals surface area contributed by atoms with Crippen LogP contribution < -0.4 is 0 Å². The van der Waals surface area contributed by atoms with E-state index in [1.54, 1.807) is 11.3 Å². The van der Waals surface area contributed by atoms with Crippen LogP contribution in [0.2, 0.25) is 0 Å². The summed E-state index contributed by atoms with van der Waals surface area (Å²) in [6.45, 7) is 4.21. The first-order valence-electron chi connectivity index (χ1n) is 3.65. The first kappa shape index (κ1) is 6.86. The van der Waals surface area contributed by atoms with Crippen molar-refractivity contribution >= 4 is 21.4 Å².